The Kier molecular flexibility index (Phi) is 5.93. The minimum atomic E-state index is -0.300. The molecule has 0 radical (unpaired) electrons. The van der Waals surface area contributed by atoms with E-state index in [4.69, 9.17) is 4.74 Å². The lowest BCUT2D eigenvalue weighted by atomic mass is 10.2. The Morgan fingerprint density at radius 2 is 2.27 bits per heavy atom. The molecule has 1 aromatic carbocycles. The van der Waals surface area contributed by atoms with Gasteiger partial charge in [0, 0.05) is 11.0 Å². The summed E-state index contributed by atoms with van der Waals surface area (Å²) in [7, 11) is 1.47. The van der Waals surface area contributed by atoms with Crippen LogP contribution in [0.2, 0.25) is 0 Å². The van der Waals surface area contributed by atoms with Crippen LogP contribution >= 0.6 is 22.6 Å². The Hall–Kier alpha value is -0.360. The molecule has 0 aromatic heterocycles. The molecule has 15 heavy (non-hydrogen) atoms. The number of nitrogens with one attached hydrogen (secondary N) is 1. The number of hydrogen-bond donors (Lipinski definition) is 1. The van der Waals surface area contributed by atoms with Crippen molar-refractivity contribution in [3.05, 3.63) is 29.6 Å². The van der Waals surface area contributed by atoms with Gasteiger partial charge >= 0.3 is 0 Å². The highest BCUT2D eigenvalue weighted by Gasteiger charge is 2.02. The van der Waals surface area contributed by atoms with E-state index in [0.29, 0.717) is 12.3 Å². The second-order valence-electron chi connectivity index (χ2n) is 3.19. The van der Waals surface area contributed by atoms with Gasteiger partial charge in [-0.2, -0.15) is 0 Å². The van der Waals surface area contributed by atoms with Crippen LogP contribution in [0.3, 0.4) is 0 Å². The molecule has 0 saturated carbocycles. The third kappa shape index (κ3) is 4.34. The molecule has 2 nitrogen and oxygen atoms in total. The summed E-state index contributed by atoms with van der Waals surface area (Å²) >= 11 is 2.34. The molecular formula is C11H15FINO. The maximum Gasteiger partial charge on any atom is 0.165 e. The zero-order chi connectivity index (χ0) is 11.1. The number of hydrogen-bond acceptors (Lipinski definition) is 2. The van der Waals surface area contributed by atoms with Gasteiger partial charge in [-0.1, -0.05) is 28.7 Å². The second kappa shape index (κ2) is 7.00. The number of benzene rings is 1. The number of methoxy groups -OCH3 is 1. The Labute approximate surface area is 103 Å². The highest BCUT2D eigenvalue weighted by molar-refractivity contribution is 14.1. The van der Waals surface area contributed by atoms with E-state index in [1.54, 1.807) is 6.07 Å². The fourth-order valence-electron chi connectivity index (χ4n) is 1.24. The molecule has 0 amide bonds. The number of rotatable bonds is 6. The van der Waals surface area contributed by atoms with Gasteiger partial charge in [0.05, 0.1) is 7.11 Å². The van der Waals surface area contributed by atoms with E-state index >= 15 is 0 Å². The van der Waals surface area contributed by atoms with Crippen molar-refractivity contribution in [2.24, 2.45) is 0 Å². The van der Waals surface area contributed by atoms with Crippen LogP contribution in [-0.2, 0) is 6.54 Å². The first-order valence-electron chi connectivity index (χ1n) is 4.87. The lowest BCUT2D eigenvalue weighted by Gasteiger charge is -2.06. The van der Waals surface area contributed by atoms with Crippen molar-refractivity contribution in [3.8, 4) is 5.75 Å². The van der Waals surface area contributed by atoms with Gasteiger partial charge in [0.2, 0.25) is 0 Å². The lowest BCUT2D eigenvalue weighted by Crippen LogP contribution is -2.15. The average Bonchev–Trinajstić information content (AvgIpc) is 2.25. The van der Waals surface area contributed by atoms with Crippen LogP contribution in [0.4, 0.5) is 4.39 Å². The maximum atomic E-state index is 13.3. The summed E-state index contributed by atoms with van der Waals surface area (Å²) in [6, 6.07) is 5.04. The molecule has 0 aliphatic rings. The highest BCUT2D eigenvalue weighted by Crippen LogP contribution is 2.17. The summed E-state index contributed by atoms with van der Waals surface area (Å²) in [5.41, 5.74) is 0.946. The molecule has 84 valence electrons. The molecule has 0 atom stereocenters. The maximum absolute atomic E-state index is 13.3. The fourth-order valence-corrected chi connectivity index (χ4v) is 1.63. The summed E-state index contributed by atoms with van der Waals surface area (Å²) in [4.78, 5) is 0. The van der Waals surface area contributed by atoms with Gasteiger partial charge in [0.25, 0.3) is 0 Å². The fraction of sp³-hybridized carbons (Fsp3) is 0.455. The largest absolute Gasteiger partial charge is 0.494 e. The molecule has 1 rings (SSSR count). The normalized spacial score (nSPS) is 10.3. The van der Waals surface area contributed by atoms with Gasteiger partial charge in [0.15, 0.2) is 11.6 Å². The first kappa shape index (κ1) is 12.7. The van der Waals surface area contributed by atoms with Gasteiger partial charge in [0.1, 0.15) is 0 Å². The molecule has 1 N–H and O–H groups in total. The number of ether oxygens (including phenoxy) is 1. The average molecular weight is 323 g/mol. The minimum absolute atomic E-state index is 0.297. The predicted octanol–water partition coefficient (Wildman–Crippen LogP) is 2.75. The molecule has 0 spiro atoms. The van der Waals surface area contributed by atoms with E-state index in [2.05, 4.69) is 27.9 Å². The minimum Gasteiger partial charge on any atom is -0.494 e. The van der Waals surface area contributed by atoms with Crippen LogP contribution in [-0.4, -0.2) is 18.1 Å². The monoisotopic (exact) mass is 323 g/mol. The van der Waals surface area contributed by atoms with Gasteiger partial charge in [-0.05, 0) is 30.7 Å². The first-order valence-corrected chi connectivity index (χ1v) is 6.39. The predicted molar refractivity (Wildman–Crippen MR) is 68.2 cm³/mol. The SMILES string of the molecule is COc1ccc(CNCCCI)cc1F. The zero-order valence-electron chi connectivity index (χ0n) is 8.72. The summed E-state index contributed by atoms with van der Waals surface area (Å²) in [6.07, 6.45) is 1.14. The van der Waals surface area contributed by atoms with Crippen LogP contribution in [0.1, 0.15) is 12.0 Å². The second-order valence-corrected chi connectivity index (χ2v) is 4.27. The van der Waals surface area contributed by atoms with Crippen LogP contribution in [0.5, 0.6) is 5.75 Å². The lowest BCUT2D eigenvalue weighted by molar-refractivity contribution is 0.386. The van der Waals surface area contributed by atoms with Gasteiger partial charge in [-0.15, -0.1) is 0 Å². The molecule has 0 unspecified atom stereocenters. The van der Waals surface area contributed by atoms with Gasteiger partial charge < -0.3 is 10.1 Å². The molecule has 1 aromatic rings. The van der Waals surface area contributed by atoms with Crippen LogP contribution in [0.15, 0.2) is 18.2 Å². The van der Waals surface area contributed by atoms with E-state index in [1.807, 2.05) is 6.07 Å². The van der Waals surface area contributed by atoms with E-state index in [0.717, 1.165) is 23.0 Å². The Morgan fingerprint density at radius 1 is 1.47 bits per heavy atom. The number of alkyl halides is 1. The standard InChI is InChI=1S/C11H15FINO/c1-15-11-4-3-9(7-10(11)12)8-14-6-2-5-13/h3-4,7,14H,2,5-6,8H2,1H3. The molecule has 0 bridgehead atoms. The van der Waals surface area contributed by atoms with Crippen molar-refractivity contribution < 1.29 is 9.13 Å². The summed E-state index contributed by atoms with van der Waals surface area (Å²) < 4.78 is 19.3. The van der Waals surface area contributed by atoms with Crippen LogP contribution in [0, 0.1) is 5.82 Å². The Balaban J connectivity index is 2.45. The third-order valence-corrected chi connectivity index (χ3v) is 2.80. The Bertz CT molecular complexity index is 307. The van der Waals surface area contributed by atoms with Gasteiger partial charge in [-0.3, -0.25) is 0 Å². The Morgan fingerprint density at radius 3 is 2.87 bits per heavy atom. The van der Waals surface area contributed by atoms with Crippen molar-refractivity contribution in [2.75, 3.05) is 18.1 Å². The van der Waals surface area contributed by atoms with E-state index in [1.165, 1.54) is 13.2 Å². The zero-order valence-corrected chi connectivity index (χ0v) is 10.9. The molecular weight excluding hydrogens is 308 g/mol. The van der Waals surface area contributed by atoms with Crippen LogP contribution in [0.25, 0.3) is 0 Å². The van der Waals surface area contributed by atoms with Crippen molar-refractivity contribution in [2.45, 2.75) is 13.0 Å². The van der Waals surface area contributed by atoms with Crippen molar-refractivity contribution in [1.29, 1.82) is 0 Å². The molecule has 0 fully saturated rings. The van der Waals surface area contributed by atoms with E-state index in [9.17, 15) is 4.39 Å². The first-order chi connectivity index (χ1) is 7.27. The smallest absolute Gasteiger partial charge is 0.165 e. The summed E-state index contributed by atoms with van der Waals surface area (Å²) in [6.45, 7) is 1.67. The van der Waals surface area contributed by atoms with E-state index < -0.39 is 0 Å². The van der Waals surface area contributed by atoms with E-state index in [-0.39, 0.29) is 5.82 Å². The van der Waals surface area contributed by atoms with Crippen LogP contribution < -0.4 is 10.1 Å². The molecule has 0 aliphatic heterocycles. The summed E-state index contributed by atoms with van der Waals surface area (Å²) in [5, 5.41) is 3.26. The molecule has 0 aliphatic carbocycles. The highest BCUT2D eigenvalue weighted by atomic mass is 127. The molecule has 4 heteroatoms. The summed E-state index contributed by atoms with van der Waals surface area (Å²) in [5.74, 6) is -0.00305. The number of halogens is 2. The molecule has 0 heterocycles. The quantitative estimate of drug-likeness (QED) is 0.494. The van der Waals surface area contributed by atoms with Crippen molar-refractivity contribution in [3.63, 3.8) is 0 Å². The third-order valence-electron chi connectivity index (χ3n) is 2.03. The van der Waals surface area contributed by atoms with Crippen molar-refractivity contribution in [1.82, 2.24) is 5.32 Å². The topological polar surface area (TPSA) is 21.3 Å². The molecule has 0 saturated heterocycles. The van der Waals surface area contributed by atoms with Gasteiger partial charge in [-0.25, -0.2) is 4.39 Å². The van der Waals surface area contributed by atoms with Crippen molar-refractivity contribution >= 4 is 22.6 Å².